The number of fused-ring (bicyclic) bond motifs is 1. The lowest BCUT2D eigenvalue weighted by Gasteiger charge is -2.44. The molecular weight excluding hydrogens is 524 g/mol. The smallest absolute Gasteiger partial charge is 0.244 e. The number of carbonyl (C=O) groups excluding carboxylic acids is 1. The van der Waals surface area contributed by atoms with Crippen LogP contribution in [0.4, 0.5) is 0 Å². The molecule has 1 aromatic heterocycles. The van der Waals surface area contributed by atoms with Crippen LogP contribution in [-0.2, 0) is 21.4 Å². The molecule has 0 saturated carbocycles. The third kappa shape index (κ3) is 5.47. The first-order valence-electron chi connectivity index (χ1n) is 13.3. The molecule has 0 aliphatic carbocycles. The molecule has 2 aliphatic rings. The molecule has 204 valence electrons. The van der Waals surface area contributed by atoms with E-state index in [0.717, 1.165) is 43.1 Å². The van der Waals surface area contributed by atoms with E-state index < -0.39 is 16.1 Å². The van der Waals surface area contributed by atoms with Gasteiger partial charge >= 0.3 is 0 Å². The maximum absolute atomic E-state index is 14.2. The molecule has 0 bridgehead atoms. The number of sulfonamides is 1. The zero-order chi connectivity index (χ0) is 27.0. The van der Waals surface area contributed by atoms with Gasteiger partial charge in [-0.2, -0.15) is 4.31 Å². The summed E-state index contributed by atoms with van der Waals surface area (Å²) in [5.41, 5.74) is 0.480. The van der Waals surface area contributed by atoms with Crippen molar-refractivity contribution in [2.45, 2.75) is 76.0 Å². The molecule has 0 N–H and O–H groups in total. The first-order chi connectivity index (χ1) is 18.1. The largest absolute Gasteiger partial charge is 0.361 e. The summed E-state index contributed by atoms with van der Waals surface area (Å²) in [6.07, 6.45) is 3.03. The van der Waals surface area contributed by atoms with Crippen molar-refractivity contribution < 1.29 is 17.7 Å². The molecule has 0 spiro atoms. The van der Waals surface area contributed by atoms with Gasteiger partial charge in [0.15, 0.2) is 0 Å². The molecule has 2 aromatic carbocycles. The van der Waals surface area contributed by atoms with Crippen LogP contribution in [0, 0.1) is 6.92 Å². The number of amides is 1. The highest BCUT2D eigenvalue weighted by atomic mass is 35.5. The van der Waals surface area contributed by atoms with Gasteiger partial charge in [-0.3, -0.25) is 4.79 Å². The Labute approximate surface area is 229 Å². The SMILES string of the molecule is Cc1cc(CN(C2CCCN(C3CCN(C(C)C)CC3)C2=O)S(=O)(=O)c2ccc3cc(Cl)ccc3c2)no1. The fraction of sp³-hybridized carbons (Fsp3) is 0.500. The van der Waals surface area contributed by atoms with E-state index in [-0.39, 0.29) is 23.4 Å². The molecule has 2 aliphatic heterocycles. The van der Waals surface area contributed by atoms with Crippen LogP contribution in [0.3, 0.4) is 0 Å². The molecule has 1 atom stereocenters. The van der Waals surface area contributed by atoms with Gasteiger partial charge in [-0.1, -0.05) is 28.9 Å². The van der Waals surface area contributed by atoms with Crippen molar-refractivity contribution in [3.8, 4) is 0 Å². The second-order valence-electron chi connectivity index (χ2n) is 10.7. The fourth-order valence-electron chi connectivity index (χ4n) is 5.73. The summed E-state index contributed by atoms with van der Waals surface area (Å²) in [7, 11) is -4.04. The standard InChI is InChI=1S/C28H35ClN4O4S/c1-19(2)31-13-10-25(11-14-31)32-12-4-5-27(28(32)34)33(18-24-15-20(3)37-30-24)38(35,36)26-9-7-21-16-23(29)8-6-22(21)17-26/h6-9,15-17,19,25,27H,4-5,10-14,18H2,1-3H3. The number of likely N-dealkylation sites (tertiary alicyclic amines) is 2. The van der Waals surface area contributed by atoms with Crippen molar-refractivity contribution in [1.82, 2.24) is 19.3 Å². The second-order valence-corrected chi connectivity index (χ2v) is 13.0. The van der Waals surface area contributed by atoms with Gasteiger partial charge in [0.2, 0.25) is 15.9 Å². The molecule has 2 saturated heterocycles. The number of aryl methyl sites for hydroxylation is 1. The molecule has 0 radical (unpaired) electrons. The Morgan fingerprint density at radius 2 is 1.76 bits per heavy atom. The van der Waals surface area contributed by atoms with Gasteiger partial charge in [0, 0.05) is 42.8 Å². The second kappa shape index (κ2) is 11.0. The van der Waals surface area contributed by atoms with Crippen LogP contribution in [-0.4, -0.2) is 71.3 Å². The minimum atomic E-state index is -4.04. The fourth-order valence-corrected chi connectivity index (χ4v) is 7.53. The van der Waals surface area contributed by atoms with Crippen molar-refractivity contribution >= 4 is 38.3 Å². The maximum atomic E-state index is 14.2. The molecule has 5 rings (SSSR count). The summed E-state index contributed by atoms with van der Waals surface area (Å²) >= 11 is 6.12. The molecule has 2 fully saturated rings. The molecule has 8 nitrogen and oxygen atoms in total. The quantitative estimate of drug-likeness (QED) is 0.412. The summed E-state index contributed by atoms with van der Waals surface area (Å²) in [5, 5.41) is 6.25. The van der Waals surface area contributed by atoms with E-state index in [0.29, 0.717) is 35.5 Å². The Balaban J connectivity index is 1.46. The number of carbonyl (C=O) groups is 1. The van der Waals surface area contributed by atoms with Gasteiger partial charge in [-0.25, -0.2) is 8.42 Å². The third-order valence-corrected chi connectivity index (χ3v) is 9.92. The van der Waals surface area contributed by atoms with Gasteiger partial charge in [-0.05, 0) is 81.5 Å². The van der Waals surface area contributed by atoms with E-state index in [1.165, 1.54) is 4.31 Å². The van der Waals surface area contributed by atoms with E-state index in [1.54, 1.807) is 49.4 Å². The average molecular weight is 559 g/mol. The van der Waals surface area contributed by atoms with E-state index in [1.807, 2.05) is 4.90 Å². The Hall–Kier alpha value is -2.46. The number of aromatic nitrogens is 1. The predicted octanol–water partition coefficient (Wildman–Crippen LogP) is 4.84. The van der Waals surface area contributed by atoms with E-state index >= 15 is 0 Å². The lowest BCUT2D eigenvalue weighted by molar-refractivity contribution is -0.142. The first-order valence-corrected chi connectivity index (χ1v) is 15.1. The van der Waals surface area contributed by atoms with E-state index in [2.05, 4.69) is 23.9 Å². The summed E-state index contributed by atoms with van der Waals surface area (Å²) in [5.74, 6) is 0.476. The Bertz CT molecular complexity index is 1420. The molecule has 3 aromatic rings. The van der Waals surface area contributed by atoms with Crippen molar-refractivity contribution in [1.29, 1.82) is 0 Å². The van der Waals surface area contributed by atoms with Crippen LogP contribution >= 0.6 is 11.6 Å². The van der Waals surface area contributed by atoms with Gasteiger partial charge in [0.25, 0.3) is 0 Å². The van der Waals surface area contributed by atoms with Crippen LogP contribution in [0.5, 0.6) is 0 Å². The van der Waals surface area contributed by atoms with Crippen molar-refractivity contribution in [3.05, 3.63) is 58.9 Å². The van der Waals surface area contributed by atoms with Crippen LogP contribution in [0.25, 0.3) is 10.8 Å². The van der Waals surface area contributed by atoms with Gasteiger partial charge in [0.05, 0.1) is 17.1 Å². The normalized spacial score (nSPS) is 20.2. The highest BCUT2D eigenvalue weighted by Gasteiger charge is 2.42. The highest BCUT2D eigenvalue weighted by molar-refractivity contribution is 7.89. The number of hydrogen-bond acceptors (Lipinski definition) is 6. The van der Waals surface area contributed by atoms with Crippen LogP contribution in [0.15, 0.2) is 51.9 Å². The minimum absolute atomic E-state index is 0.0334. The Morgan fingerprint density at radius 3 is 2.45 bits per heavy atom. The summed E-state index contributed by atoms with van der Waals surface area (Å²) in [4.78, 5) is 18.5. The van der Waals surface area contributed by atoms with E-state index in [9.17, 15) is 13.2 Å². The number of benzene rings is 2. The van der Waals surface area contributed by atoms with Gasteiger partial charge in [-0.15, -0.1) is 0 Å². The summed E-state index contributed by atoms with van der Waals surface area (Å²) < 4.78 is 34.9. The average Bonchev–Trinajstić information content (AvgIpc) is 3.32. The van der Waals surface area contributed by atoms with Crippen molar-refractivity contribution in [3.63, 3.8) is 0 Å². The van der Waals surface area contributed by atoms with Crippen molar-refractivity contribution in [2.24, 2.45) is 0 Å². The monoisotopic (exact) mass is 558 g/mol. The highest BCUT2D eigenvalue weighted by Crippen LogP contribution is 2.31. The number of hydrogen-bond donors (Lipinski definition) is 0. The zero-order valence-electron chi connectivity index (χ0n) is 22.1. The number of nitrogens with zero attached hydrogens (tertiary/aromatic N) is 4. The number of rotatable bonds is 7. The summed E-state index contributed by atoms with van der Waals surface area (Å²) in [6, 6.07) is 11.9. The Morgan fingerprint density at radius 1 is 1.05 bits per heavy atom. The maximum Gasteiger partial charge on any atom is 0.244 e. The summed E-state index contributed by atoms with van der Waals surface area (Å²) in [6.45, 7) is 8.66. The predicted molar refractivity (Wildman–Crippen MR) is 147 cm³/mol. The number of piperidine rings is 2. The molecule has 38 heavy (non-hydrogen) atoms. The van der Waals surface area contributed by atoms with Crippen LogP contribution < -0.4 is 0 Å². The van der Waals surface area contributed by atoms with E-state index in [4.69, 9.17) is 16.1 Å². The zero-order valence-corrected chi connectivity index (χ0v) is 23.7. The first kappa shape index (κ1) is 27.1. The Kier molecular flexibility index (Phi) is 7.82. The molecule has 3 heterocycles. The third-order valence-electron chi connectivity index (χ3n) is 7.84. The lowest BCUT2D eigenvalue weighted by atomic mass is 9.96. The molecule has 1 amide bonds. The number of halogens is 1. The lowest BCUT2D eigenvalue weighted by Crippen LogP contribution is -2.58. The van der Waals surface area contributed by atoms with Gasteiger partial charge in [0.1, 0.15) is 11.8 Å². The minimum Gasteiger partial charge on any atom is -0.361 e. The molecule has 1 unspecified atom stereocenters. The van der Waals surface area contributed by atoms with Gasteiger partial charge < -0.3 is 14.3 Å². The van der Waals surface area contributed by atoms with Crippen LogP contribution in [0.2, 0.25) is 5.02 Å². The molecular formula is C28H35ClN4O4S. The molecule has 10 heteroatoms. The topological polar surface area (TPSA) is 87.0 Å². The van der Waals surface area contributed by atoms with Crippen LogP contribution in [0.1, 0.15) is 51.0 Å². The van der Waals surface area contributed by atoms with Crippen molar-refractivity contribution in [2.75, 3.05) is 19.6 Å².